The van der Waals surface area contributed by atoms with Gasteiger partial charge in [-0.2, -0.15) is 13.2 Å². The van der Waals surface area contributed by atoms with E-state index in [2.05, 4.69) is 4.74 Å². The topological polar surface area (TPSA) is 44.8 Å². The third-order valence-electron chi connectivity index (χ3n) is 2.41. The highest BCUT2D eigenvalue weighted by atomic mass is 19.4. The lowest BCUT2D eigenvalue weighted by molar-refractivity contribution is -0.208. The summed E-state index contributed by atoms with van der Waals surface area (Å²) in [6, 6.07) is 0. The summed E-state index contributed by atoms with van der Waals surface area (Å²) in [6.07, 6.45) is -6.06. The van der Waals surface area contributed by atoms with Gasteiger partial charge in [0.05, 0.1) is 12.7 Å². The molecule has 3 atom stereocenters. The molecule has 0 radical (unpaired) electrons. The van der Waals surface area contributed by atoms with Crippen LogP contribution in [0.15, 0.2) is 0 Å². The Hall–Kier alpha value is -0.820. The summed E-state index contributed by atoms with van der Waals surface area (Å²) >= 11 is 0. The van der Waals surface area contributed by atoms with Gasteiger partial charge in [-0.1, -0.05) is 0 Å². The van der Waals surface area contributed by atoms with Gasteiger partial charge in [0.1, 0.15) is 6.10 Å². The molecule has 0 N–H and O–H groups in total. The van der Waals surface area contributed by atoms with E-state index >= 15 is 0 Å². The Bertz CT molecular complexity index is 265. The summed E-state index contributed by atoms with van der Waals surface area (Å²) in [5, 5.41) is 0. The lowest BCUT2D eigenvalue weighted by Gasteiger charge is -2.17. The van der Waals surface area contributed by atoms with Crippen molar-refractivity contribution >= 4 is 5.97 Å². The summed E-state index contributed by atoms with van der Waals surface area (Å²) in [4.78, 5) is 10.6. The largest absolute Gasteiger partial charge is 0.490 e. The fraction of sp³-hybridized carbons (Fsp3) is 0.875. The second-order valence-corrected chi connectivity index (χ2v) is 3.44. The Kier molecular flexibility index (Phi) is 2.59. The Labute approximate surface area is 83.3 Å². The monoisotopic (exact) mass is 226 g/mol. The van der Waals surface area contributed by atoms with Crippen molar-refractivity contribution in [1.29, 1.82) is 0 Å². The van der Waals surface area contributed by atoms with Crippen LogP contribution in [-0.4, -0.2) is 43.7 Å². The summed E-state index contributed by atoms with van der Waals surface area (Å²) in [6.45, 7) is 0.395. The lowest BCUT2D eigenvalue weighted by atomic mass is 10.1. The van der Waals surface area contributed by atoms with Crippen LogP contribution in [0.4, 0.5) is 13.2 Å². The van der Waals surface area contributed by atoms with Crippen LogP contribution < -0.4 is 0 Å². The lowest BCUT2D eigenvalue weighted by Crippen LogP contribution is -2.37. The molecule has 2 saturated heterocycles. The van der Waals surface area contributed by atoms with E-state index in [0.29, 0.717) is 13.0 Å². The van der Waals surface area contributed by atoms with Gasteiger partial charge in [0, 0.05) is 6.61 Å². The molecular formula is C8H9F3O4. The number of hydrogen-bond donors (Lipinski definition) is 0. The molecule has 0 aromatic heterocycles. The normalized spacial score (nSPS) is 35.3. The Morgan fingerprint density at radius 3 is 2.73 bits per heavy atom. The third kappa shape index (κ3) is 2.07. The number of fused-ring (bicyclic) bond motifs is 1. The van der Waals surface area contributed by atoms with Gasteiger partial charge in [0.2, 0.25) is 0 Å². The number of alkyl halides is 3. The zero-order valence-electron chi connectivity index (χ0n) is 7.62. The average Bonchev–Trinajstić information content (AvgIpc) is 2.67. The minimum absolute atomic E-state index is 0.0306. The van der Waals surface area contributed by atoms with Gasteiger partial charge in [-0.15, -0.1) is 0 Å². The first-order valence-electron chi connectivity index (χ1n) is 4.49. The first-order chi connectivity index (χ1) is 6.98. The predicted molar refractivity (Wildman–Crippen MR) is 40.0 cm³/mol. The van der Waals surface area contributed by atoms with E-state index in [0.717, 1.165) is 0 Å². The molecule has 2 fully saturated rings. The van der Waals surface area contributed by atoms with Crippen LogP contribution in [0.3, 0.4) is 0 Å². The molecule has 0 amide bonds. The molecule has 0 saturated carbocycles. The third-order valence-corrected chi connectivity index (χ3v) is 2.41. The van der Waals surface area contributed by atoms with E-state index < -0.39 is 24.4 Å². The van der Waals surface area contributed by atoms with Crippen LogP contribution in [0.1, 0.15) is 6.42 Å². The maximum atomic E-state index is 11.9. The maximum absolute atomic E-state index is 11.9. The number of esters is 1. The van der Waals surface area contributed by atoms with Gasteiger partial charge in [0.25, 0.3) is 0 Å². The standard InChI is InChI=1S/C8H9F3O4/c9-8(10,11)7(12)15-5-3-14-4-1-2-13-6(4)5/h4-6H,1-3H2. The Morgan fingerprint density at radius 1 is 1.33 bits per heavy atom. The first-order valence-corrected chi connectivity index (χ1v) is 4.49. The van der Waals surface area contributed by atoms with Crippen molar-refractivity contribution < 1.29 is 32.2 Å². The number of rotatable bonds is 1. The van der Waals surface area contributed by atoms with Crippen LogP contribution in [-0.2, 0) is 19.0 Å². The molecule has 2 rings (SSSR count). The fourth-order valence-electron chi connectivity index (χ4n) is 1.74. The van der Waals surface area contributed by atoms with Crippen LogP contribution in [0.25, 0.3) is 0 Å². The molecule has 0 bridgehead atoms. The number of halogens is 3. The SMILES string of the molecule is O=C(OC1COC2CCOC21)C(F)(F)F. The number of hydrogen-bond acceptors (Lipinski definition) is 4. The summed E-state index contributed by atoms with van der Waals surface area (Å²) in [7, 11) is 0. The molecule has 7 heteroatoms. The highest BCUT2D eigenvalue weighted by Crippen LogP contribution is 2.29. The Balaban J connectivity index is 1.93. The molecule has 2 aliphatic heterocycles. The molecule has 0 spiro atoms. The second kappa shape index (κ2) is 3.64. The van der Waals surface area contributed by atoms with Crippen LogP contribution in [0.2, 0.25) is 0 Å². The van der Waals surface area contributed by atoms with E-state index in [1.807, 2.05) is 0 Å². The molecule has 3 unspecified atom stereocenters. The van der Waals surface area contributed by atoms with Gasteiger partial charge in [-0.3, -0.25) is 0 Å². The quantitative estimate of drug-likeness (QED) is 0.616. The van der Waals surface area contributed by atoms with Crippen molar-refractivity contribution in [2.45, 2.75) is 30.9 Å². The molecule has 15 heavy (non-hydrogen) atoms. The number of carbonyl (C=O) groups is 1. The molecular weight excluding hydrogens is 217 g/mol. The highest BCUT2D eigenvalue weighted by Gasteiger charge is 2.48. The summed E-state index contributed by atoms with van der Waals surface area (Å²) < 4.78 is 50.2. The molecule has 0 aromatic rings. The molecule has 2 aliphatic rings. The Morgan fingerprint density at radius 2 is 2.07 bits per heavy atom. The highest BCUT2D eigenvalue weighted by molar-refractivity contribution is 5.75. The summed E-state index contributed by atoms with van der Waals surface area (Å²) in [5.74, 6) is -2.19. The molecule has 2 heterocycles. The van der Waals surface area contributed by atoms with Crippen LogP contribution in [0.5, 0.6) is 0 Å². The van der Waals surface area contributed by atoms with Crippen molar-refractivity contribution in [2.24, 2.45) is 0 Å². The van der Waals surface area contributed by atoms with Gasteiger partial charge < -0.3 is 14.2 Å². The van der Waals surface area contributed by atoms with E-state index in [1.165, 1.54) is 0 Å². The van der Waals surface area contributed by atoms with Gasteiger partial charge in [-0.25, -0.2) is 4.79 Å². The van der Waals surface area contributed by atoms with Crippen LogP contribution >= 0.6 is 0 Å². The van der Waals surface area contributed by atoms with Crippen molar-refractivity contribution in [1.82, 2.24) is 0 Å². The predicted octanol–water partition coefficient (Wildman–Crippen LogP) is 0.648. The van der Waals surface area contributed by atoms with Crippen molar-refractivity contribution in [3.05, 3.63) is 0 Å². The van der Waals surface area contributed by atoms with E-state index in [4.69, 9.17) is 9.47 Å². The van der Waals surface area contributed by atoms with E-state index in [1.54, 1.807) is 0 Å². The van der Waals surface area contributed by atoms with Gasteiger partial charge in [0.15, 0.2) is 6.10 Å². The second-order valence-electron chi connectivity index (χ2n) is 3.44. The molecule has 86 valence electrons. The molecule has 0 aromatic carbocycles. The molecule has 0 aliphatic carbocycles. The molecule has 4 nitrogen and oxygen atoms in total. The van der Waals surface area contributed by atoms with E-state index in [-0.39, 0.29) is 12.7 Å². The minimum atomic E-state index is -4.96. The van der Waals surface area contributed by atoms with Crippen molar-refractivity contribution in [3.63, 3.8) is 0 Å². The maximum Gasteiger partial charge on any atom is 0.490 e. The van der Waals surface area contributed by atoms with Crippen molar-refractivity contribution in [2.75, 3.05) is 13.2 Å². The fourth-order valence-corrected chi connectivity index (χ4v) is 1.74. The smallest absolute Gasteiger partial charge is 0.450 e. The number of carbonyl (C=O) groups excluding carboxylic acids is 1. The zero-order chi connectivity index (χ0) is 11.1. The van der Waals surface area contributed by atoms with Gasteiger partial charge in [-0.05, 0) is 6.42 Å². The van der Waals surface area contributed by atoms with Crippen LogP contribution in [0, 0.1) is 0 Å². The van der Waals surface area contributed by atoms with Crippen molar-refractivity contribution in [3.8, 4) is 0 Å². The minimum Gasteiger partial charge on any atom is -0.450 e. The number of ether oxygens (including phenoxy) is 3. The first kappa shape index (κ1) is 10.7. The zero-order valence-corrected chi connectivity index (χ0v) is 7.62. The van der Waals surface area contributed by atoms with Gasteiger partial charge >= 0.3 is 12.1 Å². The summed E-state index contributed by atoms with van der Waals surface area (Å²) in [5.41, 5.74) is 0. The van der Waals surface area contributed by atoms with E-state index in [9.17, 15) is 18.0 Å². The average molecular weight is 226 g/mol.